The predicted octanol–water partition coefficient (Wildman–Crippen LogP) is 3.32. The molecule has 1 heterocycles. The molecule has 2 heteroatoms. The van der Waals surface area contributed by atoms with Gasteiger partial charge in [-0.15, -0.1) is 0 Å². The Balaban J connectivity index is 2.42. The number of rotatable bonds is 6. The molecule has 0 unspecified atom stereocenters. The Morgan fingerprint density at radius 1 is 1.53 bits per heavy atom. The van der Waals surface area contributed by atoms with Gasteiger partial charge >= 0.3 is 0 Å². The molecule has 0 bridgehead atoms. The van der Waals surface area contributed by atoms with Gasteiger partial charge < -0.3 is 9.73 Å². The Labute approximate surface area is 92.4 Å². The zero-order chi connectivity index (χ0) is 11.1. The fourth-order valence-electron chi connectivity index (χ4n) is 1.37. The summed E-state index contributed by atoms with van der Waals surface area (Å²) in [7, 11) is 0. The molecule has 1 N–H and O–H groups in total. The highest BCUT2D eigenvalue weighted by molar-refractivity contribution is 5.47. The summed E-state index contributed by atoms with van der Waals surface area (Å²) in [4.78, 5) is 0. The van der Waals surface area contributed by atoms with Crippen LogP contribution in [0.2, 0.25) is 0 Å². The van der Waals surface area contributed by atoms with Crippen LogP contribution in [0.15, 0.2) is 28.4 Å². The van der Waals surface area contributed by atoms with Gasteiger partial charge in [-0.3, -0.25) is 0 Å². The van der Waals surface area contributed by atoms with Gasteiger partial charge in [0, 0.05) is 6.54 Å². The standard InChI is InChI=1S/C13H21NO/c1-4-12(10-14-9-11(2)3)8-13-6-5-7-15-13/h5-8,11,14H,4,9-10H2,1-3H3. The molecule has 0 saturated carbocycles. The number of furan rings is 1. The maximum atomic E-state index is 5.29. The number of nitrogens with one attached hydrogen (secondary N) is 1. The summed E-state index contributed by atoms with van der Waals surface area (Å²) in [5.74, 6) is 1.64. The molecule has 0 atom stereocenters. The van der Waals surface area contributed by atoms with Crippen molar-refractivity contribution < 1.29 is 4.42 Å². The summed E-state index contributed by atoms with van der Waals surface area (Å²) in [5, 5.41) is 3.44. The molecular formula is C13H21NO. The summed E-state index contributed by atoms with van der Waals surface area (Å²) in [6.07, 6.45) is 4.89. The maximum absolute atomic E-state index is 5.29. The van der Waals surface area contributed by atoms with Gasteiger partial charge in [-0.2, -0.15) is 0 Å². The smallest absolute Gasteiger partial charge is 0.126 e. The third kappa shape index (κ3) is 4.84. The molecule has 84 valence electrons. The Bertz CT molecular complexity index is 285. The van der Waals surface area contributed by atoms with Crippen molar-refractivity contribution in [2.45, 2.75) is 27.2 Å². The first-order chi connectivity index (χ1) is 7.22. The van der Waals surface area contributed by atoms with Gasteiger partial charge in [0.25, 0.3) is 0 Å². The molecule has 0 aromatic carbocycles. The molecule has 15 heavy (non-hydrogen) atoms. The molecule has 0 amide bonds. The fraction of sp³-hybridized carbons (Fsp3) is 0.538. The van der Waals surface area contributed by atoms with Crippen molar-refractivity contribution >= 4 is 6.08 Å². The van der Waals surface area contributed by atoms with Crippen LogP contribution in [0.3, 0.4) is 0 Å². The van der Waals surface area contributed by atoms with Gasteiger partial charge in [-0.25, -0.2) is 0 Å². The Morgan fingerprint density at radius 2 is 2.33 bits per heavy atom. The minimum Gasteiger partial charge on any atom is -0.465 e. The van der Waals surface area contributed by atoms with E-state index in [2.05, 4.69) is 32.2 Å². The first-order valence-corrected chi connectivity index (χ1v) is 5.66. The average Bonchev–Trinajstić information content (AvgIpc) is 2.68. The maximum Gasteiger partial charge on any atom is 0.126 e. The summed E-state index contributed by atoms with van der Waals surface area (Å²) < 4.78 is 5.29. The van der Waals surface area contributed by atoms with Crippen molar-refractivity contribution in [3.63, 3.8) is 0 Å². The van der Waals surface area contributed by atoms with Crippen LogP contribution in [0.1, 0.15) is 33.0 Å². The first-order valence-electron chi connectivity index (χ1n) is 5.66. The van der Waals surface area contributed by atoms with E-state index in [0.717, 1.165) is 25.3 Å². The lowest BCUT2D eigenvalue weighted by molar-refractivity contribution is 0.553. The van der Waals surface area contributed by atoms with Crippen molar-refractivity contribution in [1.29, 1.82) is 0 Å². The third-order valence-corrected chi connectivity index (χ3v) is 2.25. The van der Waals surface area contributed by atoms with Gasteiger partial charge in [0.05, 0.1) is 6.26 Å². The lowest BCUT2D eigenvalue weighted by Gasteiger charge is -2.08. The van der Waals surface area contributed by atoms with Gasteiger partial charge in [-0.1, -0.05) is 26.3 Å². The topological polar surface area (TPSA) is 25.2 Å². The van der Waals surface area contributed by atoms with E-state index < -0.39 is 0 Å². The van der Waals surface area contributed by atoms with Crippen molar-refractivity contribution in [3.05, 3.63) is 29.7 Å². The van der Waals surface area contributed by atoms with Crippen molar-refractivity contribution in [1.82, 2.24) is 5.32 Å². The van der Waals surface area contributed by atoms with E-state index in [1.807, 2.05) is 12.1 Å². The second-order valence-electron chi connectivity index (χ2n) is 4.20. The molecule has 0 fully saturated rings. The molecule has 1 aromatic heterocycles. The molecule has 0 aliphatic carbocycles. The van der Waals surface area contributed by atoms with Crippen molar-refractivity contribution in [2.75, 3.05) is 13.1 Å². The Morgan fingerprint density at radius 3 is 2.87 bits per heavy atom. The quantitative estimate of drug-likeness (QED) is 0.774. The summed E-state index contributed by atoms with van der Waals surface area (Å²) in [6.45, 7) is 8.63. The SMILES string of the molecule is CCC(=Cc1ccco1)CNCC(C)C. The summed E-state index contributed by atoms with van der Waals surface area (Å²) in [6, 6.07) is 3.90. The van der Waals surface area contributed by atoms with Gasteiger partial charge in [0.1, 0.15) is 5.76 Å². The van der Waals surface area contributed by atoms with Crippen LogP contribution in [0, 0.1) is 5.92 Å². The van der Waals surface area contributed by atoms with E-state index >= 15 is 0 Å². The normalized spacial score (nSPS) is 12.4. The van der Waals surface area contributed by atoms with Crippen LogP contribution in [-0.2, 0) is 0 Å². The molecule has 1 rings (SSSR count). The van der Waals surface area contributed by atoms with Crippen LogP contribution in [0.5, 0.6) is 0 Å². The number of hydrogen-bond donors (Lipinski definition) is 1. The highest BCUT2D eigenvalue weighted by atomic mass is 16.3. The van der Waals surface area contributed by atoms with E-state index in [0.29, 0.717) is 5.92 Å². The van der Waals surface area contributed by atoms with Crippen LogP contribution >= 0.6 is 0 Å². The average molecular weight is 207 g/mol. The largest absolute Gasteiger partial charge is 0.465 e. The first kappa shape index (κ1) is 12.1. The van der Waals surface area contributed by atoms with Gasteiger partial charge in [0.2, 0.25) is 0 Å². The second kappa shape index (κ2) is 6.46. The molecule has 0 saturated heterocycles. The zero-order valence-corrected chi connectivity index (χ0v) is 9.92. The van der Waals surface area contributed by atoms with Crippen LogP contribution in [-0.4, -0.2) is 13.1 Å². The minimum atomic E-state index is 0.701. The second-order valence-corrected chi connectivity index (χ2v) is 4.20. The van der Waals surface area contributed by atoms with E-state index in [9.17, 15) is 0 Å². The van der Waals surface area contributed by atoms with E-state index in [1.54, 1.807) is 6.26 Å². The molecule has 0 aliphatic rings. The van der Waals surface area contributed by atoms with Crippen LogP contribution < -0.4 is 5.32 Å². The number of hydrogen-bond acceptors (Lipinski definition) is 2. The highest BCUT2D eigenvalue weighted by Crippen LogP contribution is 2.09. The summed E-state index contributed by atoms with van der Waals surface area (Å²) >= 11 is 0. The molecule has 0 radical (unpaired) electrons. The monoisotopic (exact) mass is 207 g/mol. The molecule has 0 spiro atoms. The predicted molar refractivity (Wildman–Crippen MR) is 64.7 cm³/mol. The van der Waals surface area contributed by atoms with E-state index in [1.165, 1.54) is 5.57 Å². The van der Waals surface area contributed by atoms with Gasteiger partial charge in [-0.05, 0) is 37.1 Å². The van der Waals surface area contributed by atoms with Crippen LogP contribution in [0.4, 0.5) is 0 Å². The minimum absolute atomic E-state index is 0.701. The van der Waals surface area contributed by atoms with Gasteiger partial charge in [0.15, 0.2) is 0 Å². The highest BCUT2D eigenvalue weighted by Gasteiger charge is 1.98. The third-order valence-electron chi connectivity index (χ3n) is 2.25. The Hall–Kier alpha value is -1.02. The van der Waals surface area contributed by atoms with E-state index in [4.69, 9.17) is 4.42 Å². The van der Waals surface area contributed by atoms with Crippen molar-refractivity contribution in [3.8, 4) is 0 Å². The lowest BCUT2D eigenvalue weighted by atomic mass is 10.1. The summed E-state index contributed by atoms with van der Waals surface area (Å²) in [5.41, 5.74) is 1.38. The van der Waals surface area contributed by atoms with E-state index in [-0.39, 0.29) is 0 Å². The van der Waals surface area contributed by atoms with Crippen molar-refractivity contribution in [2.24, 2.45) is 5.92 Å². The zero-order valence-electron chi connectivity index (χ0n) is 9.92. The lowest BCUT2D eigenvalue weighted by Crippen LogP contribution is -2.21. The molecule has 0 aliphatic heterocycles. The molecule has 1 aromatic rings. The molecule has 2 nitrogen and oxygen atoms in total. The fourth-order valence-corrected chi connectivity index (χ4v) is 1.37. The molecular weight excluding hydrogens is 186 g/mol. The van der Waals surface area contributed by atoms with Crippen LogP contribution in [0.25, 0.3) is 6.08 Å². The Kier molecular flexibility index (Phi) is 5.19.